The highest BCUT2D eigenvalue weighted by molar-refractivity contribution is 9.11. The van der Waals surface area contributed by atoms with Crippen LogP contribution in [-0.4, -0.2) is 11.0 Å². The van der Waals surface area contributed by atoms with Gasteiger partial charge in [-0.25, -0.2) is 0 Å². The lowest BCUT2D eigenvalue weighted by Crippen LogP contribution is -2.13. The van der Waals surface area contributed by atoms with Crippen molar-refractivity contribution in [1.82, 2.24) is 0 Å². The molecular weight excluding hydrogens is 360 g/mol. The summed E-state index contributed by atoms with van der Waals surface area (Å²) in [5.41, 5.74) is 2.77. The van der Waals surface area contributed by atoms with Crippen LogP contribution in [-0.2, 0) is 6.42 Å². The van der Waals surface area contributed by atoms with Crippen LogP contribution in [0.2, 0.25) is 0 Å². The second kappa shape index (κ2) is 7.85. The fourth-order valence-electron chi connectivity index (χ4n) is 2.29. The molecule has 0 atom stereocenters. The maximum absolute atomic E-state index is 3.52. The van der Waals surface area contributed by atoms with Crippen molar-refractivity contribution >= 4 is 39.0 Å². The third-order valence-corrected chi connectivity index (χ3v) is 6.84. The second-order valence-corrected chi connectivity index (χ2v) is 9.95. The first-order valence-electron chi connectivity index (χ1n) is 7.40. The molecule has 2 rings (SSSR count). The average molecular weight is 383 g/mol. The fraction of sp³-hybridized carbons (Fsp3) is 0.444. The Morgan fingerprint density at radius 1 is 1.05 bits per heavy atom. The lowest BCUT2D eigenvalue weighted by Gasteiger charge is -2.21. The molecule has 0 bridgehead atoms. The summed E-state index contributed by atoms with van der Waals surface area (Å²) in [7, 11) is 0. The van der Waals surface area contributed by atoms with E-state index in [1.54, 1.807) is 11.3 Å². The van der Waals surface area contributed by atoms with Crippen LogP contribution in [0.5, 0.6) is 0 Å². The Balaban J connectivity index is 1.83. The third-order valence-electron chi connectivity index (χ3n) is 3.86. The van der Waals surface area contributed by atoms with E-state index in [-0.39, 0.29) is 0 Å². The average Bonchev–Trinajstić information content (AvgIpc) is 2.91. The minimum Gasteiger partial charge on any atom is -0.159 e. The van der Waals surface area contributed by atoms with E-state index in [1.165, 1.54) is 45.5 Å². The van der Waals surface area contributed by atoms with Gasteiger partial charge in [0, 0.05) is 9.62 Å². The Morgan fingerprint density at radius 2 is 1.76 bits per heavy atom. The lowest BCUT2D eigenvalue weighted by molar-refractivity contribution is 0.579. The van der Waals surface area contributed by atoms with Gasteiger partial charge in [-0.05, 0) is 64.7 Å². The maximum Gasteiger partial charge on any atom is 0.0705 e. The summed E-state index contributed by atoms with van der Waals surface area (Å²) in [5.74, 6) is 0. The Labute approximate surface area is 145 Å². The lowest BCUT2D eigenvalue weighted by atomic mass is 10.0. The van der Waals surface area contributed by atoms with Crippen LogP contribution in [0.1, 0.15) is 38.7 Å². The van der Waals surface area contributed by atoms with Crippen LogP contribution in [0.15, 0.2) is 40.2 Å². The molecule has 0 aliphatic rings. The van der Waals surface area contributed by atoms with Gasteiger partial charge in [-0.3, -0.25) is 0 Å². The molecule has 21 heavy (non-hydrogen) atoms. The van der Waals surface area contributed by atoms with Crippen molar-refractivity contribution in [3.63, 3.8) is 0 Å². The molecule has 0 N–H and O–H groups in total. The molecule has 0 nitrogen and oxygen atoms in total. The highest BCUT2D eigenvalue weighted by atomic mass is 79.9. The van der Waals surface area contributed by atoms with Gasteiger partial charge in [0.25, 0.3) is 0 Å². The molecule has 0 radical (unpaired) electrons. The van der Waals surface area contributed by atoms with Gasteiger partial charge in [0.15, 0.2) is 0 Å². The number of hydrogen-bond donors (Lipinski definition) is 0. The molecule has 0 fully saturated rings. The molecule has 0 aliphatic carbocycles. The largest absolute Gasteiger partial charge is 0.159 e. The van der Waals surface area contributed by atoms with E-state index >= 15 is 0 Å². The molecule has 0 aliphatic heterocycles. The summed E-state index contributed by atoms with van der Waals surface area (Å²) < 4.78 is 1.62. The molecule has 1 aromatic heterocycles. The molecule has 114 valence electrons. The Hall–Kier alpha value is -0.250. The molecule has 1 heterocycles. The summed E-state index contributed by atoms with van der Waals surface area (Å²) in [6.07, 6.45) is 7.30. The van der Waals surface area contributed by atoms with Crippen molar-refractivity contribution in [2.45, 2.75) is 44.3 Å². The number of hydrogen-bond acceptors (Lipinski definition) is 2. The molecule has 1 aromatic carbocycles. The first-order valence-corrected chi connectivity index (χ1v) is 10.2. The Morgan fingerprint density at radius 3 is 2.33 bits per heavy atom. The Kier molecular flexibility index (Phi) is 6.39. The standard InChI is InChI=1S/C18H23BrS2/c1-18(2,20-3)13-5-4-6-14-7-9-15(10-8-14)16-11-12-17(19)21-16/h7-12H,4-6,13H2,1-3H3. The maximum atomic E-state index is 3.52. The predicted octanol–water partition coefficient (Wildman–Crippen LogP) is 7.03. The zero-order valence-electron chi connectivity index (χ0n) is 13.0. The molecule has 0 saturated heterocycles. The van der Waals surface area contributed by atoms with Crippen molar-refractivity contribution < 1.29 is 0 Å². The number of benzene rings is 1. The molecule has 0 unspecified atom stereocenters. The SMILES string of the molecule is CSC(C)(C)CCCCc1ccc(-c2ccc(Br)s2)cc1. The van der Waals surface area contributed by atoms with Crippen molar-refractivity contribution in [2.24, 2.45) is 0 Å². The topological polar surface area (TPSA) is 0 Å². The van der Waals surface area contributed by atoms with Crippen molar-refractivity contribution in [2.75, 3.05) is 6.26 Å². The molecule has 0 amide bonds. The van der Waals surface area contributed by atoms with E-state index in [2.05, 4.69) is 72.4 Å². The van der Waals surface area contributed by atoms with E-state index in [1.807, 2.05) is 11.8 Å². The molecule has 0 saturated carbocycles. The number of unbranched alkanes of at least 4 members (excludes halogenated alkanes) is 1. The predicted molar refractivity (Wildman–Crippen MR) is 103 cm³/mol. The fourth-order valence-corrected chi connectivity index (χ4v) is 4.03. The first kappa shape index (κ1) is 17.1. The first-order chi connectivity index (χ1) is 10.00. The molecule has 3 heteroatoms. The second-order valence-electron chi connectivity index (χ2n) is 5.97. The van der Waals surface area contributed by atoms with Crippen molar-refractivity contribution in [1.29, 1.82) is 0 Å². The van der Waals surface area contributed by atoms with Gasteiger partial charge in [-0.2, -0.15) is 11.8 Å². The zero-order valence-corrected chi connectivity index (χ0v) is 16.2. The van der Waals surface area contributed by atoms with Gasteiger partial charge < -0.3 is 0 Å². The number of halogens is 1. The van der Waals surface area contributed by atoms with E-state index < -0.39 is 0 Å². The molecular formula is C18H23BrS2. The van der Waals surface area contributed by atoms with Gasteiger partial charge in [-0.1, -0.05) is 44.5 Å². The highest BCUT2D eigenvalue weighted by Crippen LogP contribution is 2.31. The summed E-state index contributed by atoms with van der Waals surface area (Å²) in [5, 5.41) is 0. The van der Waals surface area contributed by atoms with E-state index in [0.717, 1.165) is 0 Å². The van der Waals surface area contributed by atoms with Gasteiger partial charge in [0.05, 0.1) is 3.79 Å². The molecule has 2 aromatic rings. The smallest absolute Gasteiger partial charge is 0.0705 e. The van der Waals surface area contributed by atoms with Gasteiger partial charge in [-0.15, -0.1) is 11.3 Å². The number of thiophene rings is 1. The normalized spacial score (nSPS) is 11.8. The monoisotopic (exact) mass is 382 g/mol. The highest BCUT2D eigenvalue weighted by Gasteiger charge is 2.14. The zero-order chi connectivity index (χ0) is 15.3. The van der Waals surface area contributed by atoms with E-state index in [4.69, 9.17) is 0 Å². The summed E-state index contributed by atoms with van der Waals surface area (Å²) >= 11 is 7.28. The van der Waals surface area contributed by atoms with E-state index in [9.17, 15) is 0 Å². The minimum absolute atomic E-state index is 0.427. The molecule has 0 spiro atoms. The summed E-state index contributed by atoms with van der Waals surface area (Å²) in [6.45, 7) is 4.68. The van der Waals surface area contributed by atoms with Crippen molar-refractivity contribution in [3.05, 3.63) is 45.7 Å². The van der Waals surface area contributed by atoms with Crippen molar-refractivity contribution in [3.8, 4) is 10.4 Å². The van der Waals surface area contributed by atoms with Gasteiger partial charge >= 0.3 is 0 Å². The van der Waals surface area contributed by atoms with E-state index in [0.29, 0.717) is 4.75 Å². The van der Waals surface area contributed by atoms with Crippen LogP contribution in [0.25, 0.3) is 10.4 Å². The number of thioether (sulfide) groups is 1. The Bertz CT molecular complexity index is 555. The van der Waals surface area contributed by atoms with Crippen LogP contribution >= 0.6 is 39.0 Å². The number of rotatable bonds is 7. The van der Waals surface area contributed by atoms with Crippen LogP contribution in [0.4, 0.5) is 0 Å². The summed E-state index contributed by atoms with van der Waals surface area (Å²) in [6, 6.07) is 13.3. The quantitative estimate of drug-likeness (QED) is 0.463. The van der Waals surface area contributed by atoms with Crippen LogP contribution < -0.4 is 0 Å². The minimum atomic E-state index is 0.427. The van der Waals surface area contributed by atoms with Gasteiger partial charge in [0.1, 0.15) is 0 Å². The van der Waals surface area contributed by atoms with Crippen LogP contribution in [0.3, 0.4) is 0 Å². The van der Waals surface area contributed by atoms with Crippen LogP contribution in [0, 0.1) is 0 Å². The van der Waals surface area contributed by atoms with Gasteiger partial charge in [0.2, 0.25) is 0 Å². The third kappa shape index (κ3) is 5.46. The number of aryl methyl sites for hydroxylation is 1. The summed E-state index contributed by atoms with van der Waals surface area (Å²) in [4.78, 5) is 1.33.